The molecule has 0 aliphatic rings. The molecule has 0 spiro atoms. The van der Waals surface area contributed by atoms with Crippen molar-refractivity contribution in [3.63, 3.8) is 0 Å². The maximum absolute atomic E-state index is 13.1. The van der Waals surface area contributed by atoms with E-state index in [0.717, 1.165) is 11.1 Å². The standard InChI is InChI=1S/C21H16FN3O3S/c22-17-7-3-15(4-8-17)16-5-9-18(10-6-16)29(26,27)25-14-19-21(24-12-11-23-19)20-2-1-13-28-20/h1-13,25H,14H2. The van der Waals surface area contributed by atoms with Crippen LogP contribution >= 0.6 is 0 Å². The number of rotatable bonds is 6. The molecule has 0 saturated heterocycles. The summed E-state index contributed by atoms with van der Waals surface area (Å²) in [6.45, 7) is -0.0358. The maximum atomic E-state index is 13.1. The fourth-order valence-electron chi connectivity index (χ4n) is 2.83. The number of hydrogen-bond acceptors (Lipinski definition) is 5. The van der Waals surface area contributed by atoms with Gasteiger partial charge >= 0.3 is 0 Å². The third kappa shape index (κ3) is 4.23. The molecule has 2 heterocycles. The number of hydrogen-bond donors (Lipinski definition) is 1. The molecule has 4 rings (SSSR count). The van der Waals surface area contributed by atoms with Crippen molar-refractivity contribution in [3.05, 3.63) is 90.8 Å². The predicted molar refractivity (Wildman–Crippen MR) is 106 cm³/mol. The Balaban J connectivity index is 1.52. The summed E-state index contributed by atoms with van der Waals surface area (Å²) >= 11 is 0. The minimum atomic E-state index is -3.76. The van der Waals surface area contributed by atoms with Crippen LogP contribution < -0.4 is 4.72 Å². The number of halogens is 1. The second-order valence-corrected chi connectivity index (χ2v) is 7.95. The largest absolute Gasteiger partial charge is 0.463 e. The molecule has 0 amide bonds. The molecule has 0 fully saturated rings. The zero-order valence-corrected chi connectivity index (χ0v) is 15.9. The van der Waals surface area contributed by atoms with Crippen LogP contribution in [-0.4, -0.2) is 18.4 Å². The Morgan fingerprint density at radius 1 is 0.897 bits per heavy atom. The van der Waals surface area contributed by atoms with Crippen molar-refractivity contribution in [2.45, 2.75) is 11.4 Å². The first kappa shape index (κ1) is 19.0. The molecule has 146 valence electrons. The van der Waals surface area contributed by atoms with E-state index in [0.29, 0.717) is 17.1 Å². The molecule has 2 aromatic carbocycles. The van der Waals surface area contributed by atoms with Crippen LogP contribution in [0.2, 0.25) is 0 Å². The van der Waals surface area contributed by atoms with Gasteiger partial charge in [0.05, 0.1) is 23.4 Å². The Bertz CT molecular complexity index is 1210. The topological polar surface area (TPSA) is 85.1 Å². The van der Waals surface area contributed by atoms with Crippen LogP contribution in [0.15, 0.2) is 88.6 Å². The average Bonchev–Trinajstić information content (AvgIpc) is 3.28. The summed E-state index contributed by atoms with van der Waals surface area (Å²) in [5, 5.41) is 0. The third-order valence-electron chi connectivity index (χ3n) is 4.30. The van der Waals surface area contributed by atoms with Gasteiger partial charge < -0.3 is 4.42 Å². The molecule has 8 heteroatoms. The SMILES string of the molecule is O=S(=O)(NCc1nccnc1-c1ccco1)c1ccc(-c2ccc(F)cc2)cc1. The molecule has 29 heavy (non-hydrogen) atoms. The minimum Gasteiger partial charge on any atom is -0.463 e. The fourth-order valence-corrected chi connectivity index (χ4v) is 3.82. The Morgan fingerprint density at radius 3 is 2.21 bits per heavy atom. The third-order valence-corrected chi connectivity index (χ3v) is 5.72. The lowest BCUT2D eigenvalue weighted by Gasteiger charge is -2.09. The van der Waals surface area contributed by atoms with Crippen molar-refractivity contribution < 1.29 is 17.2 Å². The number of nitrogens with one attached hydrogen (secondary N) is 1. The molecule has 0 aliphatic carbocycles. The zero-order valence-electron chi connectivity index (χ0n) is 15.1. The van der Waals surface area contributed by atoms with Gasteiger partial charge in [-0.1, -0.05) is 24.3 Å². The maximum Gasteiger partial charge on any atom is 0.240 e. The Labute approximate surface area is 167 Å². The van der Waals surface area contributed by atoms with Gasteiger partial charge in [0.1, 0.15) is 11.5 Å². The number of sulfonamides is 1. The molecular formula is C21H16FN3O3S. The van der Waals surface area contributed by atoms with Crippen molar-refractivity contribution in [2.24, 2.45) is 0 Å². The smallest absolute Gasteiger partial charge is 0.240 e. The summed E-state index contributed by atoms with van der Waals surface area (Å²) in [6.07, 6.45) is 4.53. The van der Waals surface area contributed by atoms with Gasteiger partial charge in [-0.25, -0.2) is 22.5 Å². The summed E-state index contributed by atoms with van der Waals surface area (Å²) in [5.74, 6) is 0.186. The van der Waals surface area contributed by atoms with Crippen LogP contribution in [0.1, 0.15) is 5.69 Å². The van der Waals surface area contributed by atoms with E-state index in [2.05, 4.69) is 14.7 Å². The van der Waals surface area contributed by atoms with Crippen molar-refractivity contribution in [1.29, 1.82) is 0 Å². The van der Waals surface area contributed by atoms with Gasteiger partial charge in [-0.15, -0.1) is 0 Å². The molecule has 0 aliphatic heterocycles. The predicted octanol–water partition coefficient (Wildman–Crippen LogP) is 4.02. The molecule has 6 nitrogen and oxygen atoms in total. The van der Waals surface area contributed by atoms with E-state index in [4.69, 9.17) is 4.42 Å². The lowest BCUT2D eigenvalue weighted by atomic mass is 10.1. The van der Waals surface area contributed by atoms with Crippen LogP contribution in [0.4, 0.5) is 4.39 Å². The van der Waals surface area contributed by atoms with Crippen LogP contribution in [0.25, 0.3) is 22.6 Å². The summed E-state index contributed by atoms with van der Waals surface area (Å²) in [4.78, 5) is 8.56. The second-order valence-electron chi connectivity index (χ2n) is 6.18. The molecule has 4 aromatic rings. The van der Waals surface area contributed by atoms with Gasteiger partial charge in [-0.2, -0.15) is 0 Å². The molecule has 0 atom stereocenters. The van der Waals surface area contributed by atoms with Gasteiger partial charge in [0.25, 0.3) is 0 Å². The molecular weight excluding hydrogens is 393 g/mol. The Kier molecular flexibility index (Phi) is 5.20. The van der Waals surface area contributed by atoms with Crippen molar-refractivity contribution in [1.82, 2.24) is 14.7 Å². The van der Waals surface area contributed by atoms with E-state index in [9.17, 15) is 12.8 Å². The number of benzene rings is 2. The van der Waals surface area contributed by atoms with E-state index in [1.54, 1.807) is 36.4 Å². The molecule has 0 bridgehead atoms. The average molecular weight is 409 g/mol. The number of nitrogens with zero attached hydrogens (tertiary/aromatic N) is 2. The normalized spacial score (nSPS) is 11.5. The van der Waals surface area contributed by atoms with Gasteiger partial charge in [0.2, 0.25) is 10.0 Å². The number of furan rings is 1. The van der Waals surface area contributed by atoms with Crippen LogP contribution in [0, 0.1) is 5.82 Å². The van der Waals surface area contributed by atoms with Crippen molar-refractivity contribution >= 4 is 10.0 Å². The van der Waals surface area contributed by atoms with Crippen LogP contribution in [0.5, 0.6) is 0 Å². The van der Waals surface area contributed by atoms with Crippen LogP contribution in [-0.2, 0) is 16.6 Å². The van der Waals surface area contributed by atoms with Gasteiger partial charge in [-0.05, 0) is 47.5 Å². The monoisotopic (exact) mass is 409 g/mol. The molecule has 0 saturated carbocycles. The highest BCUT2D eigenvalue weighted by atomic mass is 32.2. The van der Waals surface area contributed by atoms with Gasteiger partial charge in [-0.3, -0.25) is 4.98 Å². The molecule has 1 N–H and O–H groups in total. The Morgan fingerprint density at radius 2 is 1.55 bits per heavy atom. The van der Waals surface area contributed by atoms with E-state index in [1.165, 1.54) is 42.9 Å². The lowest BCUT2D eigenvalue weighted by molar-refractivity contribution is 0.573. The molecule has 0 unspecified atom stereocenters. The summed E-state index contributed by atoms with van der Waals surface area (Å²) < 4.78 is 46.3. The highest BCUT2D eigenvalue weighted by Crippen LogP contribution is 2.23. The summed E-state index contributed by atoms with van der Waals surface area (Å²) in [5.41, 5.74) is 2.52. The van der Waals surface area contributed by atoms with Crippen molar-refractivity contribution in [3.8, 4) is 22.6 Å². The minimum absolute atomic E-state index is 0.0358. The first-order chi connectivity index (χ1) is 14.0. The van der Waals surface area contributed by atoms with E-state index < -0.39 is 10.0 Å². The number of aromatic nitrogens is 2. The molecule has 0 radical (unpaired) electrons. The first-order valence-corrected chi connectivity index (χ1v) is 10.2. The van der Waals surface area contributed by atoms with Crippen LogP contribution in [0.3, 0.4) is 0 Å². The Hall–Kier alpha value is -3.36. The molecule has 2 aromatic heterocycles. The summed E-state index contributed by atoms with van der Waals surface area (Å²) in [7, 11) is -3.76. The van der Waals surface area contributed by atoms with Gasteiger partial charge in [0, 0.05) is 12.4 Å². The van der Waals surface area contributed by atoms with E-state index in [-0.39, 0.29) is 17.3 Å². The lowest BCUT2D eigenvalue weighted by Crippen LogP contribution is -2.24. The van der Waals surface area contributed by atoms with E-state index >= 15 is 0 Å². The first-order valence-electron chi connectivity index (χ1n) is 8.72. The quantitative estimate of drug-likeness (QED) is 0.520. The second kappa shape index (κ2) is 7.94. The highest BCUT2D eigenvalue weighted by Gasteiger charge is 2.17. The van der Waals surface area contributed by atoms with Gasteiger partial charge in [0.15, 0.2) is 5.76 Å². The fraction of sp³-hybridized carbons (Fsp3) is 0.0476. The highest BCUT2D eigenvalue weighted by molar-refractivity contribution is 7.89. The zero-order chi connectivity index (χ0) is 20.3. The van der Waals surface area contributed by atoms with E-state index in [1.807, 2.05) is 0 Å². The van der Waals surface area contributed by atoms with Crippen molar-refractivity contribution in [2.75, 3.05) is 0 Å². The summed E-state index contributed by atoms with van der Waals surface area (Å²) in [6, 6.07) is 15.8.